The Hall–Kier alpha value is -2.18. The molecule has 2 aromatic heterocycles. The van der Waals surface area contributed by atoms with Gasteiger partial charge in [0.05, 0.1) is 17.1 Å². The van der Waals surface area contributed by atoms with Crippen molar-refractivity contribution in [3.63, 3.8) is 0 Å². The Balaban J connectivity index is 1.57. The molecule has 1 aliphatic rings. The fraction of sp³-hybridized carbons (Fsp3) is 0.368. The van der Waals surface area contributed by atoms with Crippen molar-refractivity contribution in [3.8, 4) is 0 Å². The van der Waals surface area contributed by atoms with E-state index in [4.69, 9.17) is 0 Å². The van der Waals surface area contributed by atoms with Gasteiger partial charge in [0.2, 0.25) is 0 Å². The fourth-order valence-electron chi connectivity index (χ4n) is 3.31. The van der Waals surface area contributed by atoms with Crippen LogP contribution < -0.4 is 10.6 Å². The zero-order chi connectivity index (χ0) is 17.2. The number of rotatable bonds is 4. The molecule has 2 N–H and O–H groups in total. The van der Waals surface area contributed by atoms with Gasteiger partial charge in [0, 0.05) is 11.4 Å². The Morgan fingerprint density at radius 3 is 2.84 bits per heavy atom. The summed E-state index contributed by atoms with van der Waals surface area (Å²) in [5.41, 5.74) is 2.18. The highest BCUT2D eigenvalue weighted by atomic mass is 32.1. The lowest BCUT2D eigenvalue weighted by Gasteiger charge is -2.23. The molecule has 0 radical (unpaired) electrons. The molecule has 1 amide bonds. The highest BCUT2D eigenvalue weighted by Gasteiger charge is 2.20. The Labute approximate surface area is 151 Å². The summed E-state index contributed by atoms with van der Waals surface area (Å²) in [5.74, 6) is 0.0405. The minimum absolute atomic E-state index is 0.0405. The first-order chi connectivity index (χ1) is 12.2. The van der Waals surface area contributed by atoms with Gasteiger partial charge in [0.1, 0.15) is 4.83 Å². The number of thiophene rings is 1. The van der Waals surface area contributed by atoms with E-state index in [9.17, 15) is 4.79 Å². The number of nitrogens with zero attached hydrogens (tertiary/aromatic N) is 2. The number of aromatic nitrogens is 2. The first-order valence-corrected chi connectivity index (χ1v) is 9.55. The Bertz CT molecular complexity index is 878. The molecular formula is C19H22N4OS. The van der Waals surface area contributed by atoms with E-state index in [1.165, 1.54) is 16.9 Å². The first-order valence-electron chi connectivity index (χ1n) is 8.73. The maximum absolute atomic E-state index is 12.6. The molecule has 1 fully saturated rings. The molecule has 25 heavy (non-hydrogen) atoms. The van der Waals surface area contributed by atoms with E-state index in [1.54, 1.807) is 0 Å². The third-order valence-electron chi connectivity index (χ3n) is 4.68. The third kappa shape index (κ3) is 3.45. The number of carbonyl (C=O) groups is 1. The molecule has 0 spiro atoms. The SMILES string of the molecule is Cc1nn(Cc2ccccc2)c2sc(C(=O)NC3CCNCC3)cc12. The number of hydrogen-bond donors (Lipinski definition) is 2. The lowest BCUT2D eigenvalue weighted by atomic mass is 10.1. The monoisotopic (exact) mass is 354 g/mol. The number of carbonyl (C=O) groups excluding carboxylic acids is 1. The van der Waals surface area contributed by atoms with Gasteiger partial charge in [-0.05, 0) is 44.5 Å². The molecular weight excluding hydrogens is 332 g/mol. The minimum Gasteiger partial charge on any atom is -0.349 e. The number of hydrogen-bond acceptors (Lipinski definition) is 4. The van der Waals surface area contributed by atoms with Gasteiger partial charge < -0.3 is 10.6 Å². The van der Waals surface area contributed by atoms with Gasteiger partial charge in [-0.15, -0.1) is 11.3 Å². The van der Waals surface area contributed by atoms with Gasteiger partial charge in [-0.25, -0.2) is 0 Å². The van der Waals surface area contributed by atoms with Crippen LogP contribution >= 0.6 is 11.3 Å². The van der Waals surface area contributed by atoms with Crippen molar-refractivity contribution in [3.05, 3.63) is 52.5 Å². The highest BCUT2D eigenvalue weighted by molar-refractivity contribution is 7.20. The van der Waals surface area contributed by atoms with Crippen molar-refractivity contribution in [2.24, 2.45) is 0 Å². The maximum Gasteiger partial charge on any atom is 0.261 e. The molecule has 1 saturated heterocycles. The molecule has 5 nitrogen and oxygen atoms in total. The topological polar surface area (TPSA) is 59.0 Å². The summed E-state index contributed by atoms with van der Waals surface area (Å²) >= 11 is 1.53. The van der Waals surface area contributed by atoms with Gasteiger partial charge in [-0.3, -0.25) is 9.48 Å². The zero-order valence-electron chi connectivity index (χ0n) is 14.3. The molecule has 1 aliphatic heterocycles. The van der Waals surface area contributed by atoms with E-state index in [1.807, 2.05) is 35.9 Å². The minimum atomic E-state index is 0.0405. The average molecular weight is 354 g/mol. The van der Waals surface area contributed by atoms with E-state index in [0.29, 0.717) is 0 Å². The number of piperidine rings is 1. The van der Waals surface area contributed by atoms with Gasteiger partial charge in [0.25, 0.3) is 5.91 Å². The van der Waals surface area contributed by atoms with Crippen LogP contribution in [0.25, 0.3) is 10.2 Å². The maximum atomic E-state index is 12.6. The molecule has 6 heteroatoms. The second kappa shape index (κ2) is 6.98. The lowest BCUT2D eigenvalue weighted by molar-refractivity contribution is 0.0934. The zero-order valence-corrected chi connectivity index (χ0v) is 15.1. The fourth-order valence-corrected chi connectivity index (χ4v) is 4.37. The van der Waals surface area contributed by atoms with Crippen molar-refractivity contribution in [2.75, 3.05) is 13.1 Å². The molecule has 3 aromatic rings. The highest BCUT2D eigenvalue weighted by Crippen LogP contribution is 2.29. The summed E-state index contributed by atoms with van der Waals surface area (Å²) in [4.78, 5) is 14.5. The molecule has 0 unspecified atom stereocenters. The van der Waals surface area contributed by atoms with E-state index in [2.05, 4.69) is 27.9 Å². The molecule has 3 heterocycles. The second-order valence-corrected chi connectivity index (χ2v) is 7.59. The van der Waals surface area contributed by atoms with E-state index < -0.39 is 0 Å². The van der Waals surface area contributed by atoms with Crippen LogP contribution in [0.4, 0.5) is 0 Å². The molecule has 0 aliphatic carbocycles. The second-order valence-electron chi connectivity index (χ2n) is 6.56. The quantitative estimate of drug-likeness (QED) is 0.757. The normalized spacial score (nSPS) is 15.6. The standard InChI is InChI=1S/C19H22N4OS/c1-13-16-11-17(18(24)21-15-7-9-20-10-8-15)25-19(16)23(22-13)12-14-5-3-2-4-6-14/h2-6,11,15,20H,7-10,12H2,1H3,(H,21,24). The summed E-state index contributed by atoms with van der Waals surface area (Å²) in [6.07, 6.45) is 1.99. The van der Waals surface area contributed by atoms with E-state index >= 15 is 0 Å². The summed E-state index contributed by atoms with van der Waals surface area (Å²) in [7, 11) is 0. The Morgan fingerprint density at radius 2 is 2.08 bits per heavy atom. The smallest absolute Gasteiger partial charge is 0.261 e. The largest absolute Gasteiger partial charge is 0.349 e. The molecule has 4 rings (SSSR count). The van der Waals surface area contributed by atoms with Crippen LogP contribution in [0.1, 0.15) is 33.8 Å². The summed E-state index contributed by atoms with van der Waals surface area (Å²) in [6, 6.07) is 12.6. The average Bonchev–Trinajstić information content (AvgIpc) is 3.19. The van der Waals surface area contributed by atoms with E-state index in [0.717, 1.165) is 53.3 Å². The third-order valence-corrected chi connectivity index (χ3v) is 5.83. The Morgan fingerprint density at radius 1 is 1.32 bits per heavy atom. The first kappa shape index (κ1) is 16.3. The van der Waals surface area contributed by atoms with Gasteiger partial charge in [-0.1, -0.05) is 30.3 Å². The van der Waals surface area contributed by atoms with E-state index in [-0.39, 0.29) is 11.9 Å². The summed E-state index contributed by atoms with van der Waals surface area (Å²) in [6.45, 7) is 4.68. The molecule has 0 atom stereocenters. The van der Waals surface area contributed by atoms with Crippen LogP contribution in [0.3, 0.4) is 0 Å². The van der Waals surface area contributed by atoms with Crippen molar-refractivity contribution in [2.45, 2.75) is 32.4 Å². The molecule has 1 aromatic carbocycles. The van der Waals surface area contributed by atoms with Crippen molar-refractivity contribution >= 4 is 27.5 Å². The van der Waals surface area contributed by atoms with Crippen LogP contribution in [0.15, 0.2) is 36.4 Å². The van der Waals surface area contributed by atoms with Crippen LogP contribution in [0.2, 0.25) is 0 Å². The Kier molecular flexibility index (Phi) is 4.55. The lowest BCUT2D eigenvalue weighted by Crippen LogP contribution is -2.42. The predicted molar refractivity (Wildman–Crippen MR) is 101 cm³/mol. The van der Waals surface area contributed by atoms with Gasteiger partial charge >= 0.3 is 0 Å². The molecule has 0 saturated carbocycles. The van der Waals surface area contributed by atoms with Gasteiger partial charge in [-0.2, -0.15) is 5.10 Å². The van der Waals surface area contributed by atoms with Crippen LogP contribution in [-0.4, -0.2) is 34.8 Å². The number of aryl methyl sites for hydroxylation is 1. The van der Waals surface area contributed by atoms with Gasteiger partial charge in [0.15, 0.2) is 0 Å². The number of amides is 1. The van der Waals surface area contributed by atoms with Crippen LogP contribution in [-0.2, 0) is 6.54 Å². The van der Waals surface area contributed by atoms with Crippen molar-refractivity contribution in [1.29, 1.82) is 0 Å². The molecule has 130 valence electrons. The predicted octanol–water partition coefficient (Wildman–Crippen LogP) is 2.94. The van der Waals surface area contributed by atoms with Crippen molar-refractivity contribution in [1.82, 2.24) is 20.4 Å². The number of nitrogens with one attached hydrogen (secondary N) is 2. The number of fused-ring (bicyclic) bond motifs is 1. The summed E-state index contributed by atoms with van der Waals surface area (Å²) < 4.78 is 2.01. The van der Waals surface area contributed by atoms with Crippen LogP contribution in [0.5, 0.6) is 0 Å². The van der Waals surface area contributed by atoms with Crippen LogP contribution in [0, 0.1) is 6.92 Å². The number of benzene rings is 1. The van der Waals surface area contributed by atoms with Crippen molar-refractivity contribution < 1.29 is 4.79 Å². The summed E-state index contributed by atoms with van der Waals surface area (Å²) in [5, 5.41) is 12.2. The molecule has 0 bridgehead atoms.